The molecule has 2 rings (SSSR count). The van der Waals surface area contributed by atoms with Crippen molar-refractivity contribution < 1.29 is 24.2 Å². The number of carboxylic acid groups (broad SMARTS) is 1. The van der Waals surface area contributed by atoms with E-state index in [1.165, 1.54) is 0 Å². The van der Waals surface area contributed by atoms with Gasteiger partial charge in [0, 0.05) is 6.42 Å². The molecular formula is C23H29NO5. The lowest BCUT2D eigenvalue weighted by atomic mass is 10.0. The maximum absolute atomic E-state index is 11.9. The molecule has 29 heavy (non-hydrogen) atoms. The summed E-state index contributed by atoms with van der Waals surface area (Å²) in [5.74, 6) is 0.668. The summed E-state index contributed by atoms with van der Waals surface area (Å²) in [6.45, 7) is 9.37. The third-order valence-electron chi connectivity index (χ3n) is 4.12. The molecule has 0 aromatic heterocycles. The highest BCUT2D eigenvalue weighted by Gasteiger charge is 2.24. The first-order valence-corrected chi connectivity index (χ1v) is 9.63. The molecule has 0 saturated heterocycles. The molecule has 156 valence electrons. The van der Waals surface area contributed by atoms with Crippen molar-refractivity contribution in [2.45, 2.75) is 58.6 Å². The number of amides is 1. The second-order valence-electron chi connectivity index (χ2n) is 8.18. The zero-order valence-corrected chi connectivity index (χ0v) is 17.6. The fraction of sp³-hybridized carbons (Fsp3) is 0.391. The predicted molar refractivity (Wildman–Crippen MR) is 112 cm³/mol. The van der Waals surface area contributed by atoms with Gasteiger partial charge in [0.1, 0.15) is 23.1 Å². The average molecular weight is 399 g/mol. The van der Waals surface area contributed by atoms with Crippen molar-refractivity contribution in [2.75, 3.05) is 0 Å². The quantitative estimate of drug-likeness (QED) is 0.675. The number of ether oxygens (including phenoxy) is 2. The molecule has 6 nitrogen and oxygen atoms in total. The molecule has 0 spiro atoms. The fourth-order valence-corrected chi connectivity index (χ4v) is 2.76. The van der Waals surface area contributed by atoms with Crippen LogP contribution in [0.25, 0.3) is 0 Å². The van der Waals surface area contributed by atoms with Crippen LogP contribution in [0, 0.1) is 0 Å². The van der Waals surface area contributed by atoms with Gasteiger partial charge < -0.3 is 19.9 Å². The molecule has 0 radical (unpaired) electrons. The van der Waals surface area contributed by atoms with Gasteiger partial charge in [0.15, 0.2) is 0 Å². The van der Waals surface area contributed by atoms with Gasteiger partial charge in [-0.25, -0.2) is 9.59 Å². The van der Waals surface area contributed by atoms with E-state index in [4.69, 9.17) is 9.47 Å². The Morgan fingerprint density at radius 1 is 1.03 bits per heavy atom. The van der Waals surface area contributed by atoms with Crippen LogP contribution in [-0.2, 0) is 16.0 Å². The van der Waals surface area contributed by atoms with Crippen LogP contribution >= 0.6 is 0 Å². The van der Waals surface area contributed by atoms with E-state index in [1.54, 1.807) is 45.0 Å². The van der Waals surface area contributed by atoms with E-state index in [1.807, 2.05) is 24.3 Å². The number of benzene rings is 2. The Hall–Kier alpha value is -3.02. The molecule has 1 unspecified atom stereocenters. The Kier molecular flexibility index (Phi) is 7.26. The normalized spacial score (nSPS) is 12.3. The summed E-state index contributed by atoms with van der Waals surface area (Å²) in [4.78, 5) is 23.4. The molecule has 2 aromatic rings. The lowest BCUT2D eigenvalue weighted by molar-refractivity contribution is -0.139. The Morgan fingerprint density at radius 3 is 2.21 bits per heavy atom. The van der Waals surface area contributed by atoms with E-state index in [0.29, 0.717) is 11.7 Å². The van der Waals surface area contributed by atoms with Crippen LogP contribution in [0.1, 0.15) is 51.7 Å². The maximum atomic E-state index is 11.9. The summed E-state index contributed by atoms with van der Waals surface area (Å²) >= 11 is 0. The first kappa shape index (κ1) is 22.3. The second kappa shape index (κ2) is 9.45. The van der Waals surface area contributed by atoms with Gasteiger partial charge in [0.2, 0.25) is 0 Å². The number of hydrogen-bond donors (Lipinski definition) is 2. The molecule has 6 heteroatoms. The van der Waals surface area contributed by atoms with Gasteiger partial charge in [-0.3, -0.25) is 0 Å². The highest BCUT2D eigenvalue weighted by atomic mass is 16.6. The monoisotopic (exact) mass is 399 g/mol. The lowest BCUT2D eigenvalue weighted by Crippen LogP contribution is -2.44. The minimum absolute atomic E-state index is 0.136. The lowest BCUT2D eigenvalue weighted by Gasteiger charge is -2.22. The van der Waals surface area contributed by atoms with Crippen LogP contribution < -0.4 is 10.1 Å². The van der Waals surface area contributed by atoms with Crippen LogP contribution in [0.15, 0.2) is 48.5 Å². The number of carbonyl (C=O) groups is 2. The summed E-state index contributed by atoms with van der Waals surface area (Å²) in [5, 5.41) is 11.8. The SMILES string of the molecule is CC(C)c1ccccc1Oc1ccc(CC(NC(=O)OC(C)(C)C)C(=O)O)cc1. The summed E-state index contributed by atoms with van der Waals surface area (Å²) in [6, 6.07) is 13.9. The van der Waals surface area contributed by atoms with Crippen molar-refractivity contribution in [1.82, 2.24) is 5.32 Å². The summed E-state index contributed by atoms with van der Waals surface area (Å²) < 4.78 is 11.1. The molecule has 0 aliphatic heterocycles. The largest absolute Gasteiger partial charge is 0.480 e. The minimum atomic E-state index is -1.12. The molecule has 2 aromatic carbocycles. The van der Waals surface area contributed by atoms with E-state index in [0.717, 1.165) is 16.9 Å². The van der Waals surface area contributed by atoms with Crippen molar-refractivity contribution >= 4 is 12.1 Å². The predicted octanol–water partition coefficient (Wildman–Crippen LogP) is 5.12. The van der Waals surface area contributed by atoms with Crippen molar-refractivity contribution in [3.05, 3.63) is 59.7 Å². The van der Waals surface area contributed by atoms with Crippen LogP contribution in [0.2, 0.25) is 0 Å². The molecule has 0 heterocycles. The van der Waals surface area contributed by atoms with E-state index < -0.39 is 23.7 Å². The minimum Gasteiger partial charge on any atom is -0.480 e. The van der Waals surface area contributed by atoms with Crippen molar-refractivity contribution in [2.24, 2.45) is 0 Å². The Labute approximate surface area is 171 Å². The molecule has 0 saturated carbocycles. The van der Waals surface area contributed by atoms with E-state index >= 15 is 0 Å². The van der Waals surface area contributed by atoms with Crippen LogP contribution in [-0.4, -0.2) is 28.8 Å². The number of rotatable bonds is 7. The molecule has 0 bridgehead atoms. The van der Waals surface area contributed by atoms with Crippen molar-refractivity contribution in [3.8, 4) is 11.5 Å². The molecule has 0 aliphatic rings. The number of hydrogen-bond acceptors (Lipinski definition) is 4. The zero-order valence-electron chi connectivity index (χ0n) is 17.6. The fourth-order valence-electron chi connectivity index (χ4n) is 2.76. The Morgan fingerprint density at radius 2 is 1.66 bits per heavy atom. The van der Waals surface area contributed by atoms with Crippen molar-refractivity contribution in [1.29, 1.82) is 0 Å². The summed E-state index contributed by atoms with van der Waals surface area (Å²) in [7, 11) is 0. The number of carboxylic acids is 1. The average Bonchev–Trinajstić information content (AvgIpc) is 2.61. The molecule has 2 N–H and O–H groups in total. The number of carbonyl (C=O) groups excluding carboxylic acids is 1. The summed E-state index contributed by atoms with van der Waals surface area (Å²) in [5.41, 5.74) is 1.18. The number of nitrogens with one attached hydrogen (secondary N) is 1. The number of alkyl carbamates (subject to hydrolysis) is 1. The third-order valence-corrected chi connectivity index (χ3v) is 4.12. The smallest absolute Gasteiger partial charge is 0.408 e. The molecule has 1 atom stereocenters. The van der Waals surface area contributed by atoms with Gasteiger partial charge in [-0.05, 0) is 56.0 Å². The number of para-hydroxylation sites is 1. The van der Waals surface area contributed by atoms with Gasteiger partial charge in [-0.15, -0.1) is 0 Å². The highest BCUT2D eigenvalue weighted by molar-refractivity contribution is 5.80. The maximum Gasteiger partial charge on any atom is 0.408 e. The second-order valence-corrected chi connectivity index (χ2v) is 8.18. The van der Waals surface area contributed by atoms with Gasteiger partial charge >= 0.3 is 12.1 Å². The van der Waals surface area contributed by atoms with Crippen LogP contribution in [0.5, 0.6) is 11.5 Å². The Bertz CT molecular complexity index is 837. The Balaban J connectivity index is 2.05. The first-order chi connectivity index (χ1) is 13.5. The molecule has 0 fully saturated rings. The van der Waals surface area contributed by atoms with Gasteiger partial charge in [0.25, 0.3) is 0 Å². The van der Waals surface area contributed by atoms with E-state index in [2.05, 4.69) is 19.2 Å². The van der Waals surface area contributed by atoms with Crippen LogP contribution in [0.4, 0.5) is 4.79 Å². The molecule has 0 aliphatic carbocycles. The molecular weight excluding hydrogens is 370 g/mol. The zero-order chi connectivity index (χ0) is 21.6. The standard InChI is InChI=1S/C23H29NO5/c1-15(2)18-8-6-7-9-20(18)28-17-12-10-16(11-13-17)14-19(21(25)26)24-22(27)29-23(3,4)5/h6-13,15,19H,14H2,1-5H3,(H,24,27)(H,25,26). The summed E-state index contributed by atoms with van der Waals surface area (Å²) in [6.07, 6.45) is -0.618. The van der Waals surface area contributed by atoms with Gasteiger partial charge in [-0.2, -0.15) is 0 Å². The topological polar surface area (TPSA) is 84.9 Å². The van der Waals surface area contributed by atoms with Gasteiger partial charge in [0.05, 0.1) is 0 Å². The van der Waals surface area contributed by atoms with E-state index in [9.17, 15) is 14.7 Å². The van der Waals surface area contributed by atoms with Crippen LogP contribution in [0.3, 0.4) is 0 Å². The van der Waals surface area contributed by atoms with E-state index in [-0.39, 0.29) is 6.42 Å². The third kappa shape index (κ3) is 7.14. The van der Waals surface area contributed by atoms with Crippen molar-refractivity contribution in [3.63, 3.8) is 0 Å². The molecule has 1 amide bonds. The van der Waals surface area contributed by atoms with Gasteiger partial charge in [-0.1, -0.05) is 44.2 Å². The highest BCUT2D eigenvalue weighted by Crippen LogP contribution is 2.30. The number of aliphatic carboxylic acids is 1. The first-order valence-electron chi connectivity index (χ1n) is 9.63.